The van der Waals surface area contributed by atoms with Gasteiger partial charge in [0.05, 0.1) is 0 Å². The van der Waals surface area contributed by atoms with Crippen molar-refractivity contribution < 1.29 is 4.74 Å². The molecular weight excluding hydrogens is 480 g/mol. The van der Waals surface area contributed by atoms with E-state index in [-0.39, 0.29) is 11.8 Å². The number of rotatable bonds is 2. The molecule has 0 bridgehead atoms. The van der Waals surface area contributed by atoms with Crippen molar-refractivity contribution in [3.8, 4) is 6.07 Å². The maximum Gasteiger partial charge on any atom is 0.205 e. The number of allylic oxidation sites excluding steroid dienone is 3. The van der Waals surface area contributed by atoms with Crippen LogP contribution in [0.15, 0.2) is 85.8 Å². The van der Waals surface area contributed by atoms with E-state index < -0.39 is 0 Å². The molecule has 0 radical (unpaired) electrons. The van der Waals surface area contributed by atoms with Crippen LogP contribution in [0.4, 0.5) is 0 Å². The average Bonchev–Trinajstić information content (AvgIpc) is 2.70. The first-order chi connectivity index (χ1) is 13.6. The first kappa shape index (κ1) is 19.0. The Hall–Kier alpha value is -2.29. The second-order valence-electron chi connectivity index (χ2n) is 6.91. The molecule has 0 spiro atoms. The fraction of sp³-hybridized carbons (Fsp3) is 0.174. The first-order valence-electron chi connectivity index (χ1n) is 9.09. The van der Waals surface area contributed by atoms with E-state index >= 15 is 0 Å². The van der Waals surface area contributed by atoms with Crippen LogP contribution in [-0.2, 0) is 4.74 Å². The highest BCUT2D eigenvalue weighted by molar-refractivity contribution is 9.10. The van der Waals surface area contributed by atoms with Gasteiger partial charge in [-0.25, -0.2) is 0 Å². The number of nitrogens with two attached hydrogens (primary N) is 1. The maximum atomic E-state index is 9.75. The summed E-state index contributed by atoms with van der Waals surface area (Å²) < 4.78 is 8.06. The minimum Gasteiger partial charge on any atom is -0.440 e. The van der Waals surface area contributed by atoms with Crippen LogP contribution >= 0.6 is 31.9 Å². The van der Waals surface area contributed by atoms with Gasteiger partial charge in [0.25, 0.3) is 0 Å². The van der Waals surface area contributed by atoms with Crippen LogP contribution in [0.1, 0.15) is 36.3 Å². The van der Waals surface area contributed by atoms with Crippen LogP contribution in [0.2, 0.25) is 0 Å². The topological polar surface area (TPSA) is 59.0 Å². The number of nitriles is 1. The predicted molar refractivity (Wildman–Crippen MR) is 118 cm³/mol. The molecular formula is C23H18Br2N2O. The normalized spacial score (nSPS) is 20.6. The summed E-state index contributed by atoms with van der Waals surface area (Å²) in [5.41, 5.74) is 11.1. The monoisotopic (exact) mass is 496 g/mol. The maximum absolute atomic E-state index is 9.75. The van der Waals surface area contributed by atoms with E-state index in [0.29, 0.717) is 5.57 Å². The fourth-order valence-electron chi connectivity index (χ4n) is 3.83. The quantitative estimate of drug-likeness (QED) is 0.512. The number of benzene rings is 2. The third-order valence-corrected chi connectivity index (χ3v) is 6.18. The van der Waals surface area contributed by atoms with Crippen molar-refractivity contribution in [3.63, 3.8) is 0 Å². The molecule has 0 saturated heterocycles. The van der Waals surface area contributed by atoms with E-state index in [9.17, 15) is 5.26 Å². The fourth-order valence-corrected chi connectivity index (χ4v) is 4.36. The first-order valence-corrected chi connectivity index (χ1v) is 10.7. The standard InChI is InChI=1S/C23H18Br2N2O/c24-17-8-4-14(5-9-17)12-16-2-1-3-19-21(15-6-10-18(25)11-7-15)20(13-26)23(27)28-22(16)19/h4-12,21H,1-3,27H2/b16-12+. The molecule has 2 aromatic carbocycles. The lowest BCUT2D eigenvalue weighted by Gasteiger charge is -2.33. The molecule has 2 aromatic rings. The molecule has 1 aliphatic carbocycles. The average molecular weight is 498 g/mol. The van der Waals surface area contributed by atoms with E-state index in [2.05, 4.69) is 56.1 Å². The highest BCUT2D eigenvalue weighted by Crippen LogP contribution is 2.46. The molecule has 1 aliphatic heterocycles. The smallest absolute Gasteiger partial charge is 0.205 e. The molecule has 0 aromatic heterocycles. The van der Waals surface area contributed by atoms with Gasteiger partial charge >= 0.3 is 0 Å². The summed E-state index contributed by atoms with van der Waals surface area (Å²) in [6.07, 6.45) is 5.00. The molecule has 5 heteroatoms. The van der Waals surface area contributed by atoms with Gasteiger partial charge in [0, 0.05) is 14.9 Å². The summed E-state index contributed by atoms with van der Waals surface area (Å²) >= 11 is 6.96. The van der Waals surface area contributed by atoms with Gasteiger partial charge < -0.3 is 10.5 Å². The van der Waals surface area contributed by atoms with Crippen LogP contribution in [0.3, 0.4) is 0 Å². The number of hydrogen-bond donors (Lipinski definition) is 1. The Kier molecular flexibility index (Phi) is 5.43. The molecule has 4 rings (SSSR count). The number of hydrogen-bond acceptors (Lipinski definition) is 3. The molecule has 2 N–H and O–H groups in total. The van der Waals surface area contributed by atoms with Gasteiger partial charge in [-0.05, 0) is 71.9 Å². The lowest BCUT2D eigenvalue weighted by atomic mass is 9.77. The Morgan fingerprint density at radius 1 is 1.00 bits per heavy atom. The molecule has 0 amide bonds. The van der Waals surface area contributed by atoms with E-state index in [1.54, 1.807) is 0 Å². The molecule has 28 heavy (non-hydrogen) atoms. The Morgan fingerprint density at radius 3 is 2.29 bits per heavy atom. The zero-order valence-electron chi connectivity index (χ0n) is 15.1. The largest absolute Gasteiger partial charge is 0.440 e. The summed E-state index contributed by atoms with van der Waals surface area (Å²) in [5.74, 6) is 0.881. The summed E-state index contributed by atoms with van der Waals surface area (Å²) in [4.78, 5) is 0. The number of ether oxygens (including phenoxy) is 1. The lowest BCUT2D eigenvalue weighted by molar-refractivity contribution is 0.277. The summed E-state index contributed by atoms with van der Waals surface area (Å²) in [6.45, 7) is 0. The molecule has 0 fully saturated rings. The van der Waals surface area contributed by atoms with Gasteiger partial charge in [-0.2, -0.15) is 5.26 Å². The van der Waals surface area contributed by atoms with Crippen LogP contribution in [-0.4, -0.2) is 0 Å². The Balaban J connectivity index is 1.82. The van der Waals surface area contributed by atoms with Crippen molar-refractivity contribution >= 4 is 37.9 Å². The SMILES string of the molecule is N#CC1=C(N)OC2=C(CCC/C2=C\c2ccc(Br)cc2)C1c1ccc(Br)cc1. The molecule has 140 valence electrons. The van der Waals surface area contributed by atoms with E-state index in [0.717, 1.165) is 56.2 Å². The third-order valence-electron chi connectivity index (χ3n) is 5.12. The van der Waals surface area contributed by atoms with Gasteiger partial charge in [0.1, 0.15) is 17.4 Å². The minimum atomic E-state index is -0.157. The number of nitrogens with zero attached hydrogens (tertiary/aromatic N) is 1. The highest BCUT2D eigenvalue weighted by Gasteiger charge is 2.35. The molecule has 1 heterocycles. The highest BCUT2D eigenvalue weighted by atomic mass is 79.9. The van der Waals surface area contributed by atoms with Gasteiger partial charge in [0.2, 0.25) is 5.88 Å². The van der Waals surface area contributed by atoms with Crippen molar-refractivity contribution in [1.29, 1.82) is 5.26 Å². The van der Waals surface area contributed by atoms with Gasteiger partial charge in [-0.1, -0.05) is 56.1 Å². The second kappa shape index (κ2) is 7.98. The van der Waals surface area contributed by atoms with Crippen LogP contribution < -0.4 is 5.73 Å². The van der Waals surface area contributed by atoms with Crippen LogP contribution in [0.25, 0.3) is 6.08 Å². The molecule has 0 saturated carbocycles. The van der Waals surface area contributed by atoms with Crippen molar-refractivity contribution in [2.45, 2.75) is 25.2 Å². The zero-order valence-corrected chi connectivity index (χ0v) is 18.3. The summed E-state index contributed by atoms with van der Waals surface area (Å²) in [5, 5.41) is 9.75. The molecule has 3 nitrogen and oxygen atoms in total. The van der Waals surface area contributed by atoms with Crippen molar-refractivity contribution in [1.82, 2.24) is 0 Å². The van der Waals surface area contributed by atoms with E-state index in [1.807, 2.05) is 36.4 Å². The zero-order chi connectivity index (χ0) is 19.7. The van der Waals surface area contributed by atoms with Gasteiger partial charge in [-0.3, -0.25) is 0 Å². The van der Waals surface area contributed by atoms with E-state index in [1.165, 1.54) is 0 Å². The minimum absolute atomic E-state index is 0.157. The molecule has 1 atom stereocenters. The predicted octanol–water partition coefficient (Wildman–Crippen LogP) is 6.54. The van der Waals surface area contributed by atoms with Gasteiger partial charge in [-0.15, -0.1) is 0 Å². The van der Waals surface area contributed by atoms with Gasteiger partial charge in [0.15, 0.2) is 0 Å². The Bertz CT molecular complexity index is 1040. The van der Waals surface area contributed by atoms with Crippen molar-refractivity contribution in [2.75, 3.05) is 0 Å². The van der Waals surface area contributed by atoms with Crippen molar-refractivity contribution in [2.24, 2.45) is 5.73 Å². The molecule has 2 aliphatic rings. The summed E-state index contributed by atoms with van der Waals surface area (Å²) in [6, 6.07) is 18.6. The lowest BCUT2D eigenvalue weighted by Crippen LogP contribution is -2.23. The van der Waals surface area contributed by atoms with Crippen molar-refractivity contribution in [3.05, 3.63) is 97.0 Å². The van der Waals surface area contributed by atoms with Crippen LogP contribution in [0.5, 0.6) is 0 Å². The third kappa shape index (κ3) is 3.67. The Morgan fingerprint density at radius 2 is 1.64 bits per heavy atom. The molecule has 1 unspecified atom stereocenters. The summed E-state index contributed by atoms with van der Waals surface area (Å²) in [7, 11) is 0. The van der Waals surface area contributed by atoms with E-state index in [4.69, 9.17) is 10.5 Å². The van der Waals surface area contributed by atoms with Crippen LogP contribution in [0, 0.1) is 11.3 Å². The number of halogens is 2. The Labute approximate surface area is 181 Å². The second-order valence-corrected chi connectivity index (χ2v) is 8.74.